The monoisotopic (exact) mass is 440 g/mol. The van der Waals surface area contributed by atoms with Crippen LogP contribution < -0.4 is 21.5 Å². The fraction of sp³-hybridized carbons (Fsp3) is 0.500. The molecule has 0 amide bonds. The molecule has 4 rings (SSSR count). The van der Waals surface area contributed by atoms with Crippen LogP contribution in [0.25, 0.3) is 11.0 Å². The minimum absolute atomic E-state index is 0.188. The van der Waals surface area contributed by atoms with E-state index in [2.05, 4.69) is 50.4 Å². The second-order valence-corrected chi connectivity index (χ2v) is 8.04. The van der Waals surface area contributed by atoms with Crippen LogP contribution in [-0.4, -0.2) is 64.2 Å². The van der Waals surface area contributed by atoms with E-state index >= 15 is 0 Å². The van der Waals surface area contributed by atoms with Gasteiger partial charge in [0.05, 0.1) is 39.2 Å². The number of fused-ring (bicyclic) bond motifs is 1. The van der Waals surface area contributed by atoms with Crippen LogP contribution in [0.5, 0.6) is 5.75 Å². The molecular formula is C22H32N8O2. The molecule has 10 nitrogen and oxygen atoms in total. The van der Waals surface area contributed by atoms with Gasteiger partial charge in [0.25, 0.3) is 0 Å². The van der Waals surface area contributed by atoms with Crippen molar-refractivity contribution in [3.05, 3.63) is 35.5 Å². The van der Waals surface area contributed by atoms with Crippen molar-refractivity contribution < 1.29 is 9.47 Å². The van der Waals surface area contributed by atoms with E-state index in [9.17, 15) is 0 Å². The van der Waals surface area contributed by atoms with Crippen LogP contribution >= 0.6 is 0 Å². The predicted molar refractivity (Wildman–Crippen MR) is 124 cm³/mol. The average Bonchev–Trinajstić information content (AvgIpc) is 3.18. The van der Waals surface area contributed by atoms with E-state index in [-0.39, 0.29) is 12.1 Å². The summed E-state index contributed by atoms with van der Waals surface area (Å²) in [5.41, 5.74) is 15.8. The third kappa shape index (κ3) is 5.09. The molecule has 1 aromatic carbocycles. The predicted octanol–water partition coefficient (Wildman–Crippen LogP) is 1.79. The van der Waals surface area contributed by atoms with Gasteiger partial charge < -0.3 is 26.3 Å². The van der Waals surface area contributed by atoms with Crippen LogP contribution in [0.4, 0.5) is 11.8 Å². The van der Waals surface area contributed by atoms with E-state index < -0.39 is 0 Å². The molecule has 3 aromatic rings. The summed E-state index contributed by atoms with van der Waals surface area (Å²) in [7, 11) is 1.69. The number of nitrogens with one attached hydrogen (secondary N) is 1. The van der Waals surface area contributed by atoms with Gasteiger partial charge in [-0.2, -0.15) is 10.1 Å². The largest absolute Gasteiger partial charge is 0.496 e. The number of hydrogen-bond donors (Lipinski definition) is 3. The minimum Gasteiger partial charge on any atom is -0.496 e. The SMILES string of the molecule is CCCC(N)Nc1nc(N)nc2cnn(Cc3ccc(CN4CCOCC4)cc3OC)c12. The van der Waals surface area contributed by atoms with Gasteiger partial charge >= 0.3 is 0 Å². The number of aromatic nitrogens is 4. The molecule has 1 saturated heterocycles. The summed E-state index contributed by atoms with van der Waals surface area (Å²) in [5.74, 6) is 1.61. The first-order valence-electron chi connectivity index (χ1n) is 11.0. The molecule has 1 atom stereocenters. The highest BCUT2D eigenvalue weighted by Crippen LogP contribution is 2.26. The summed E-state index contributed by atoms with van der Waals surface area (Å²) in [5, 5.41) is 7.80. The quantitative estimate of drug-likeness (QED) is 0.426. The van der Waals surface area contributed by atoms with E-state index in [0.29, 0.717) is 17.9 Å². The highest BCUT2D eigenvalue weighted by Gasteiger charge is 2.17. The number of nitrogen functional groups attached to an aromatic ring is 1. The number of nitrogens with zero attached hydrogens (tertiary/aromatic N) is 5. The number of rotatable bonds is 9. The Kier molecular flexibility index (Phi) is 7.03. The van der Waals surface area contributed by atoms with Crippen LogP contribution in [0.1, 0.15) is 30.9 Å². The summed E-state index contributed by atoms with van der Waals surface area (Å²) in [6, 6.07) is 6.33. The van der Waals surface area contributed by atoms with Crippen molar-refractivity contribution in [3.8, 4) is 5.75 Å². The van der Waals surface area contributed by atoms with Gasteiger partial charge in [0, 0.05) is 25.2 Å². The zero-order chi connectivity index (χ0) is 22.5. The molecule has 0 saturated carbocycles. The number of morpholine rings is 1. The first-order valence-corrected chi connectivity index (χ1v) is 11.0. The number of anilines is 2. The lowest BCUT2D eigenvalue weighted by Crippen LogP contribution is -2.35. The van der Waals surface area contributed by atoms with Crippen LogP contribution in [-0.2, 0) is 17.8 Å². The molecule has 5 N–H and O–H groups in total. The normalized spacial score (nSPS) is 15.7. The molecule has 32 heavy (non-hydrogen) atoms. The van der Waals surface area contributed by atoms with Gasteiger partial charge in [-0.25, -0.2) is 4.98 Å². The van der Waals surface area contributed by atoms with Gasteiger partial charge in [-0.15, -0.1) is 0 Å². The Hall–Kier alpha value is -2.95. The topological polar surface area (TPSA) is 129 Å². The van der Waals surface area contributed by atoms with Crippen LogP contribution in [0.3, 0.4) is 0 Å². The van der Waals surface area contributed by atoms with E-state index in [1.165, 1.54) is 5.56 Å². The van der Waals surface area contributed by atoms with E-state index in [1.807, 2.05) is 4.68 Å². The highest BCUT2D eigenvalue weighted by atomic mass is 16.5. The van der Waals surface area contributed by atoms with Gasteiger partial charge in [0.1, 0.15) is 16.8 Å². The number of hydrogen-bond acceptors (Lipinski definition) is 9. The zero-order valence-electron chi connectivity index (χ0n) is 18.8. The van der Waals surface area contributed by atoms with Crippen molar-refractivity contribution in [3.63, 3.8) is 0 Å². The fourth-order valence-electron chi connectivity index (χ4n) is 3.99. The molecule has 172 valence electrons. The Morgan fingerprint density at radius 2 is 2.03 bits per heavy atom. The van der Waals surface area contributed by atoms with E-state index in [4.69, 9.17) is 20.9 Å². The molecule has 0 radical (unpaired) electrons. The van der Waals surface area contributed by atoms with Crippen molar-refractivity contribution in [2.24, 2.45) is 5.73 Å². The Morgan fingerprint density at radius 1 is 1.22 bits per heavy atom. The smallest absolute Gasteiger partial charge is 0.222 e. The maximum Gasteiger partial charge on any atom is 0.222 e. The Morgan fingerprint density at radius 3 is 2.78 bits per heavy atom. The molecule has 2 aromatic heterocycles. The molecular weight excluding hydrogens is 408 g/mol. The summed E-state index contributed by atoms with van der Waals surface area (Å²) in [6.45, 7) is 6.94. The summed E-state index contributed by atoms with van der Waals surface area (Å²) in [6.07, 6.45) is 3.25. The first-order chi connectivity index (χ1) is 15.6. The van der Waals surface area contributed by atoms with Crippen molar-refractivity contribution in [2.45, 2.75) is 39.0 Å². The zero-order valence-corrected chi connectivity index (χ0v) is 18.8. The van der Waals surface area contributed by atoms with Crippen molar-refractivity contribution in [1.29, 1.82) is 0 Å². The fourth-order valence-corrected chi connectivity index (χ4v) is 3.99. The Balaban J connectivity index is 1.59. The molecule has 3 heterocycles. The Bertz CT molecular complexity index is 1050. The van der Waals surface area contributed by atoms with Crippen LogP contribution in [0.2, 0.25) is 0 Å². The van der Waals surface area contributed by atoms with Crippen molar-refractivity contribution in [2.75, 3.05) is 44.5 Å². The maximum atomic E-state index is 6.19. The number of benzene rings is 1. The van der Waals surface area contributed by atoms with E-state index in [1.54, 1.807) is 13.3 Å². The Labute approximate surface area is 187 Å². The number of nitrogens with two attached hydrogens (primary N) is 2. The third-order valence-corrected chi connectivity index (χ3v) is 5.61. The average molecular weight is 441 g/mol. The lowest BCUT2D eigenvalue weighted by atomic mass is 10.1. The van der Waals surface area contributed by atoms with Crippen molar-refractivity contribution >= 4 is 22.8 Å². The van der Waals surface area contributed by atoms with E-state index in [0.717, 1.165) is 62.5 Å². The summed E-state index contributed by atoms with van der Waals surface area (Å²) >= 11 is 0. The minimum atomic E-state index is -0.227. The first kappa shape index (κ1) is 22.3. The second kappa shape index (κ2) is 10.1. The number of methoxy groups -OCH3 is 1. The standard InChI is InChI=1S/C22H32N8O2/c1-3-4-19(23)27-21-20-17(26-22(24)28-21)12-25-30(20)14-16-6-5-15(11-18(16)31-2)13-29-7-9-32-10-8-29/h5-6,11-12,19H,3-4,7-10,13-14,23H2,1-2H3,(H3,24,26,27,28). The highest BCUT2D eigenvalue weighted by molar-refractivity contribution is 5.86. The van der Waals surface area contributed by atoms with Gasteiger partial charge in [-0.05, 0) is 18.1 Å². The molecule has 0 bridgehead atoms. The maximum absolute atomic E-state index is 6.19. The van der Waals surface area contributed by atoms with Gasteiger partial charge in [-0.3, -0.25) is 9.58 Å². The molecule has 1 unspecified atom stereocenters. The molecule has 0 spiro atoms. The molecule has 0 aliphatic carbocycles. The molecule has 10 heteroatoms. The number of ether oxygens (including phenoxy) is 2. The van der Waals surface area contributed by atoms with Crippen LogP contribution in [0.15, 0.2) is 24.4 Å². The van der Waals surface area contributed by atoms with Gasteiger partial charge in [0.15, 0.2) is 5.82 Å². The summed E-state index contributed by atoms with van der Waals surface area (Å²) in [4.78, 5) is 11.1. The lowest BCUT2D eigenvalue weighted by Gasteiger charge is -2.26. The summed E-state index contributed by atoms with van der Waals surface area (Å²) < 4.78 is 13.0. The lowest BCUT2D eigenvalue weighted by molar-refractivity contribution is 0.0341. The molecule has 1 aliphatic rings. The third-order valence-electron chi connectivity index (χ3n) is 5.61. The molecule has 1 fully saturated rings. The second-order valence-electron chi connectivity index (χ2n) is 8.04. The molecule has 1 aliphatic heterocycles. The van der Waals surface area contributed by atoms with Gasteiger partial charge in [-0.1, -0.05) is 25.5 Å². The van der Waals surface area contributed by atoms with Crippen molar-refractivity contribution in [1.82, 2.24) is 24.6 Å². The van der Waals surface area contributed by atoms with Crippen LogP contribution in [0, 0.1) is 0 Å². The van der Waals surface area contributed by atoms with Gasteiger partial charge in [0.2, 0.25) is 5.95 Å².